The van der Waals surface area contributed by atoms with Crippen molar-refractivity contribution in [3.63, 3.8) is 0 Å². The Hall–Kier alpha value is -1.19. The standard InChI is InChI=1S/C14H23F2NO/c1-2-3-4-5-6-7-8-9-10-11-14(18)17-12-13(15)16/h8-11,13H,2-7,12H2,1H3,(H,17,18)/b9-8+,11-10+. The van der Waals surface area contributed by atoms with Gasteiger partial charge in [0.15, 0.2) is 0 Å². The molecule has 0 aliphatic heterocycles. The second-order valence-electron chi connectivity index (χ2n) is 4.13. The van der Waals surface area contributed by atoms with Crippen molar-refractivity contribution in [2.45, 2.75) is 51.9 Å². The Kier molecular flexibility index (Phi) is 11.5. The number of allylic oxidation sites excluding steroid dienone is 3. The Morgan fingerprint density at radius 3 is 2.56 bits per heavy atom. The van der Waals surface area contributed by atoms with Crippen LogP contribution in [0.4, 0.5) is 8.78 Å². The molecule has 2 nitrogen and oxygen atoms in total. The summed E-state index contributed by atoms with van der Waals surface area (Å²) in [5.74, 6) is -0.483. The van der Waals surface area contributed by atoms with E-state index in [0.717, 1.165) is 12.8 Å². The minimum Gasteiger partial charge on any atom is -0.347 e. The van der Waals surface area contributed by atoms with Gasteiger partial charge in [-0.1, -0.05) is 50.8 Å². The van der Waals surface area contributed by atoms with E-state index in [1.807, 2.05) is 6.08 Å². The van der Waals surface area contributed by atoms with Crippen LogP contribution in [0.3, 0.4) is 0 Å². The highest BCUT2D eigenvalue weighted by Gasteiger charge is 2.02. The molecule has 0 fully saturated rings. The van der Waals surface area contributed by atoms with Crippen molar-refractivity contribution in [3.8, 4) is 0 Å². The van der Waals surface area contributed by atoms with Gasteiger partial charge in [-0.05, 0) is 12.8 Å². The zero-order chi connectivity index (χ0) is 13.6. The maximum Gasteiger partial charge on any atom is 0.255 e. The van der Waals surface area contributed by atoms with Gasteiger partial charge in [0.1, 0.15) is 0 Å². The summed E-state index contributed by atoms with van der Waals surface area (Å²) in [5, 5.41) is 2.10. The number of carbonyl (C=O) groups excluding carboxylic acids is 1. The molecule has 0 aromatic carbocycles. The molecule has 0 unspecified atom stereocenters. The lowest BCUT2D eigenvalue weighted by Gasteiger charge is -1.98. The van der Waals surface area contributed by atoms with E-state index in [9.17, 15) is 13.6 Å². The number of halogens is 2. The summed E-state index contributed by atoms with van der Waals surface area (Å²) in [7, 11) is 0. The van der Waals surface area contributed by atoms with Crippen LogP contribution in [0.2, 0.25) is 0 Å². The van der Waals surface area contributed by atoms with Gasteiger partial charge < -0.3 is 5.32 Å². The van der Waals surface area contributed by atoms with Gasteiger partial charge in [-0.3, -0.25) is 4.79 Å². The summed E-state index contributed by atoms with van der Waals surface area (Å²) < 4.78 is 23.5. The average Bonchev–Trinajstić information content (AvgIpc) is 2.34. The second-order valence-corrected chi connectivity index (χ2v) is 4.13. The van der Waals surface area contributed by atoms with Crippen molar-refractivity contribution in [2.75, 3.05) is 6.54 Å². The lowest BCUT2D eigenvalue weighted by Crippen LogP contribution is -2.26. The van der Waals surface area contributed by atoms with Gasteiger partial charge in [0.25, 0.3) is 6.43 Å². The van der Waals surface area contributed by atoms with Crippen LogP contribution in [-0.4, -0.2) is 18.9 Å². The predicted molar refractivity (Wildman–Crippen MR) is 70.7 cm³/mol. The van der Waals surface area contributed by atoms with Crippen molar-refractivity contribution in [3.05, 3.63) is 24.3 Å². The SMILES string of the molecule is CCCCCCC/C=C/C=C/C(=O)NCC(F)F. The van der Waals surface area contributed by atoms with E-state index in [4.69, 9.17) is 0 Å². The number of amides is 1. The highest BCUT2D eigenvalue weighted by Crippen LogP contribution is 2.05. The summed E-state index contributed by atoms with van der Waals surface area (Å²) in [4.78, 5) is 11.0. The highest BCUT2D eigenvalue weighted by atomic mass is 19.3. The second kappa shape index (κ2) is 12.3. The van der Waals surface area contributed by atoms with E-state index in [0.29, 0.717) is 0 Å². The molecule has 0 aromatic heterocycles. The van der Waals surface area contributed by atoms with Crippen LogP contribution in [0.5, 0.6) is 0 Å². The van der Waals surface area contributed by atoms with Gasteiger partial charge in [-0.25, -0.2) is 8.78 Å². The number of rotatable bonds is 10. The third-order valence-electron chi connectivity index (χ3n) is 2.40. The van der Waals surface area contributed by atoms with Crippen LogP contribution < -0.4 is 5.32 Å². The third-order valence-corrected chi connectivity index (χ3v) is 2.40. The molecule has 4 heteroatoms. The van der Waals surface area contributed by atoms with Crippen molar-refractivity contribution in [1.82, 2.24) is 5.32 Å². The van der Waals surface area contributed by atoms with Gasteiger partial charge in [-0.15, -0.1) is 0 Å². The van der Waals surface area contributed by atoms with Crippen molar-refractivity contribution in [1.29, 1.82) is 0 Å². The van der Waals surface area contributed by atoms with Gasteiger partial charge >= 0.3 is 0 Å². The molecule has 0 spiro atoms. The molecule has 104 valence electrons. The normalized spacial score (nSPS) is 11.8. The summed E-state index contributed by atoms with van der Waals surface area (Å²) >= 11 is 0. The van der Waals surface area contributed by atoms with Crippen molar-refractivity contribution in [2.24, 2.45) is 0 Å². The molecule has 0 atom stereocenters. The lowest BCUT2D eigenvalue weighted by molar-refractivity contribution is -0.117. The first kappa shape index (κ1) is 16.8. The van der Waals surface area contributed by atoms with E-state index < -0.39 is 18.9 Å². The van der Waals surface area contributed by atoms with Crippen molar-refractivity contribution >= 4 is 5.91 Å². The first-order chi connectivity index (χ1) is 8.66. The Balaban J connectivity index is 3.47. The molecule has 0 aliphatic carbocycles. The number of hydrogen-bond acceptors (Lipinski definition) is 1. The Morgan fingerprint density at radius 1 is 1.17 bits per heavy atom. The molecular formula is C14H23F2NO. The van der Waals surface area contributed by atoms with Crippen molar-refractivity contribution < 1.29 is 13.6 Å². The highest BCUT2D eigenvalue weighted by molar-refractivity contribution is 5.87. The molecule has 18 heavy (non-hydrogen) atoms. The van der Waals surface area contributed by atoms with Gasteiger partial charge in [0.2, 0.25) is 5.91 Å². The van der Waals surface area contributed by atoms with E-state index in [2.05, 4.69) is 12.2 Å². The molecule has 0 aromatic rings. The Morgan fingerprint density at radius 2 is 1.89 bits per heavy atom. The average molecular weight is 259 g/mol. The van der Waals surface area contributed by atoms with Gasteiger partial charge in [0.05, 0.1) is 6.54 Å². The maximum absolute atomic E-state index is 11.8. The van der Waals surface area contributed by atoms with Gasteiger partial charge in [-0.2, -0.15) is 0 Å². The summed E-state index contributed by atoms with van der Waals surface area (Å²) in [6.07, 6.45) is 11.3. The minimum atomic E-state index is -2.50. The third kappa shape index (κ3) is 12.9. The van der Waals surface area contributed by atoms with E-state index in [1.165, 1.54) is 31.8 Å². The molecular weight excluding hydrogens is 236 g/mol. The molecule has 0 rings (SSSR count). The molecule has 0 bridgehead atoms. The van der Waals surface area contributed by atoms with Crippen LogP contribution >= 0.6 is 0 Å². The zero-order valence-electron chi connectivity index (χ0n) is 11.0. The minimum absolute atomic E-state index is 0.483. The smallest absolute Gasteiger partial charge is 0.255 e. The van der Waals surface area contributed by atoms with Crippen LogP contribution in [0, 0.1) is 0 Å². The van der Waals surface area contributed by atoms with E-state index >= 15 is 0 Å². The number of alkyl halides is 2. The molecule has 0 radical (unpaired) electrons. The summed E-state index contributed by atoms with van der Waals surface area (Å²) in [5.41, 5.74) is 0. The Bertz CT molecular complexity index is 263. The number of nitrogens with one attached hydrogen (secondary N) is 1. The fourth-order valence-corrected chi connectivity index (χ4v) is 1.42. The first-order valence-corrected chi connectivity index (χ1v) is 6.56. The maximum atomic E-state index is 11.8. The van der Waals surface area contributed by atoms with Gasteiger partial charge in [0, 0.05) is 6.08 Å². The molecule has 0 saturated carbocycles. The Labute approximate surface area is 108 Å². The van der Waals surface area contributed by atoms with E-state index in [-0.39, 0.29) is 0 Å². The fraction of sp³-hybridized carbons (Fsp3) is 0.643. The van der Waals surface area contributed by atoms with Crippen LogP contribution in [-0.2, 0) is 4.79 Å². The van der Waals surface area contributed by atoms with Crippen LogP contribution in [0.1, 0.15) is 45.4 Å². The quantitative estimate of drug-likeness (QED) is 0.360. The summed E-state index contributed by atoms with van der Waals surface area (Å²) in [6.45, 7) is 1.59. The number of carbonyl (C=O) groups is 1. The lowest BCUT2D eigenvalue weighted by atomic mass is 10.1. The first-order valence-electron chi connectivity index (χ1n) is 6.56. The molecule has 0 aliphatic rings. The summed E-state index contributed by atoms with van der Waals surface area (Å²) in [6, 6.07) is 0. The monoisotopic (exact) mass is 259 g/mol. The molecule has 1 amide bonds. The topological polar surface area (TPSA) is 29.1 Å². The van der Waals surface area contributed by atoms with Crippen LogP contribution in [0.15, 0.2) is 24.3 Å². The number of hydrogen-bond donors (Lipinski definition) is 1. The fourth-order valence-electron chi connectivity index (χ4n) is 1.42. The zero-order valence-corrected chi connectivity index (χ0v) is 11.0. The van der Waals surface area contributed by atoms with Crippen LogP contribution in [0.25, 0.3) is 0 Å². The molecule has 1 N–H and O–H groups in total. The largest absolute Gasteiger partial charge is 0.347 e. The predicted octanol–water partition coefficient (Wildman–Crippen LogP) is 3.84. The van der Waals surface area contributed by atoms with E-state index in [1.54, 1.807) is 12.2 Å². The molecule has 0 heterocycles. The molecule has 0 saturated heterocycles. The number of unbranched alkanes of at least 4 members (excludes halogenated alkanes) is 5.